The van der Waals surface area contributed by atoms with Crippen molar-refractivity contribution in [1.29, 1.82) is 0 Å². The van der Waals surface area contributed by atoms with Crippen LogP contribution in [0.5, 0.6) is 0 Å². The maximum atomic E-state index is 10.5. The lowest BCUT2D eigenvalue weighted by Crippen LogP contribution is -2.08. The zero-order chi connectivity index (χ0) is 8.81. The van der Waals surface area contributed by atoms with E-state index in [-0.39, 0.29) is 5.69 Å². The standard InChI is InChI=1S/C8H9N3O/c9-4-2-1-3-7-5-10-8(12)11-6-7/h5-6H,2,4,9H2,(H,10,11,12). The van der Waals surface area contributed by atoms with E-state index in [1.165, 1.54) is 12.4 Å². The number of rotatable bonds is 1. The van der Waals surface area contributed by atoms with Crippen LogP contribution in [0.15, 0.2) is 17.2 Å². The van der Waals surface area contributed by atoms with Crippen molar-refractivity contribution < 1.29 is 0 Å². The fourth-order valence-electron chi connectivity index (χ4n) is 0.647. The summed E-state index contributed by atoms with van der Waals surface area (Å²) in [5, 5.41) is 0. The number of hydrogen-bond acceptors (Lipinski definition) is 3. The first kappa shape index (κ1) is 8.50. The van der Waals surface area contributed by atoms with Crippen molar-refractivity contribution in [3.8, 4) is 11.8 Å². The molecule has 12 heavy (non-hydrogen) atoms. The summed E-state index contributed by atoms with van der Waals surface area (Å²) in [6, 6.07) is 0. The van der Waals surface area contributed by atoms with Crippen LogP contribution in [0.2, 0.25) is 0 Å². The molecule has 4 nitrogen and oxygen atoms in total. The van der Waals surface area contributed by atoms with Gasteiger partial charge in [-0.3, -0.25) is 0 Å². The van der Waals surface area contributed by atoms with Gasteiger partial charge in [0.2, 0.25) is 0 Å². The quantitative estimate of drug-likeness (QED) is 0.547. The Morgan fingerprint density at radius 3 is 3.08 bits per heavy atom. The summed E-state index contributed by atoms with van der Waals surface area (Å²) in [4.78, 5) is 16.5. The van der Waals surface area contributed by atoms with Gasteiger partial charge >= 0.3 is 5.69 Å². The zero-order valence-electron chi connectivity index (χ0n) is 6.50. The zero-order valence-corrected chi connectivity index (χ0v) is 6.50. The third-order valence-electron chi connectivity index (χ3n) is 1.17. The lowest BCUT2D eigenvalue weighted by Gasteiger charge is -1.85. The van der Waals surface area contributed by atoms with Gasteiger partial charge in [-0.25, -0.2) is 9.78 Å². The molecule has 0 atom stereocenters. The van der Waals surface area contributed by atoms with Crippen molar-refractivity contribution in [3.63, 3.8) is 0 Å². The number of hydrogen-bond donors (Lipinski definition) is 2. The molecular formula is C8H9N3O. The number of nitrogens with two attached hydrogens (primary N) is 1. The Labute approximate surface area is 69.8 Å². The van der Waals surface area contributed by atoms with Crippen LogP contribution in [0.4, 0.5) is 0 Å². The molecule has 0 saturated carbocycles. The highest BCUT2D eigenvalue weighted by atomic mass is 16.1. The monoisotopic (exact) mass is 163 g/mol. The largest absolute Gasteiger partial charge is 0.344 e. The van der Waals surface area contributed by atoms with E-state index in [1.807, 2.05) is 0 Å². The minimum Gasteiger partial charge on any atom is -0.330 e. The number of aromatic amines is 1. The summed E-state index contributed by atoms with van der Waals surface area (Å²) in [5.74, 6) is 5.64. The lowest BCUT2D eigenvalue weighted by molar-refractivity contribution is 1.03. The van der Waals surface area contributed by atoms with Crippen molar-refractivity contribution in [3.05, 3.63) is 28.4 Å². The molecule has 0 radical (unpaired) electrons. The number of aromatic nitrogens is 2. The summed E-state index contributed by atoms with van der Waals surface area (Å²) in [7, 11) is 0. The van der Waals surface area contributed by atoms with Crippen LogP contribution in [0.3, 0.4) is 0 Å². The van der Waals surface area contributed by atoms with Gasteiger partial charge in [0.25, 0.3) is 0 Å². The van der Waals surface area contributed by atoms with Gasteiger partial charge in [0, 0.05) is 25.4 Å². The Hall–Kier alpha value is -1.60. The topological polar surface area (TPSA) is 71.8 Å². The van der Waals surface area contributed by atoms with Crippen molar-refractivity contribution in [2.75, 3.05) is 6.54 Å². The first-order chi connectivity index (χ1) is 5.83. The van der Waals surface area contributed by atoms with Gasteiger partial charge in [-0.1, -0.05) is 11.8 Å². The van der Waals surface area contributed by atoms with Gasteiger partial charge in [-0.15, -0.1) is 0 Å². The molecule has 0 fully saturated rings. The van der Waals surface area contributed by atoms with E-state index in [1.54, 1.807) is 0 Å². The number of H-pyrrole nitrogens is 1. The van der Waals surface area contributed by atoms with E-state index in [4.69, 9.17) is 5.73 Å². The molecule has 62 valence electrons. The highest BCUT2D eigenvalue weighted by Crippen LogP contribution is 1.85. The van der Waals surface area contributed by atoms with E-state index < -0.39 is 0 Å². The van der Waals surface area contributed by atoms with Gasteiger partial charge in [0.1, 0.15) is 0 Å². The second-order valence-electron chi connectivity index (χ2n) is 2.15. The van der Waals surface area contributed by atoms with E-state index in [2.05, 4.69) is 21.8 Å². The molecule has 0 aliphatic carbocycles. The lowest BCUT2D eigenvalue weighted by atomic mass is 10.3. The van der Waals surface area contributed by atoms with Crippen molar-refractivity contribution in [2.45, 2.75) is 6.42 Å². The molecule has 4 heteroatoms. The summed E-state index contributed by atoms with van der Waals surface area (Å²) < 4.78 is 0. The summed E-state index contributed by atoms with van der Waals surface area (Å²) in [5.41, 5.74) is 5.58. The first-order valence-electron chi connectivity index (χ1n) is 3.56. The molecule has 1 aromatic heterocycles. The van der Waals surface area contributed by atoms with Crippen LogP contribution in [0.1, 0.15) is 12.0 Å². The third kappa shape index (κ3) is 2.56. The summed E-state index contributed by atoms with van der Waals surface area (Å²) >= 11 is 0. The highest BCUT2D eigenvalue weighted by molar-refractivity contribution is 5.28. The maximum absolute atomic E-state index is 10.5. The van der Waals surface area contributed by atoms with E-state index in [9.17, 15) is 4.79 Å². The van der Waals surface area contributed by atoms with Gasteiger partial charge in [-0.2, -0.15) is 0 Å². The van der Waals surface area contributed by atoms with Crippen LogP contribution in [-0.4, -0.2) is 16.5 Å². The van der Waals surface area contributed by atoms with Crippen LogP contribution in [0.25, 0.3) is 0 Å². The average Bonchev–Trinajstić information content (AvgIpc) is 2.09. The Morgan fingerprint density at radius 2 is 2.50 bits per heavy atom. The second-order valence-corrected chi connectivity index (χ2v) is 2.15. The highest BCUT2D eigenvalue weighted by Gasteiger charge is 1.85. The van der Waals surface area contributed by atoms with Crippen molar-refractivity contribution >= 4 is 0 Å². The van der Waals surface area contributed by atoms with E-state index in [0.29, 0.717) is 18.5 Å². The van der Waals surface area contributed by atoms with Crippen LogP contribution in [0, 0.1) is 11.8 Å². The predicted molar refractivity (Wildman–Crippen MR) is 45.4 cm³/mol. The molecule has 0 unspecified atom stereocenters. The van der Waals surface area contributed by atoms with E-state index in [0.717, 1.165) is 0 Å². The fraction of sp³-hybridized carbons (Fsp3) is 0.250. The van der Waals surface area contributed by atoms with Crippen molar-refractivity contribution in [1.82, 2.24) is 9.97 Å². The molecule has 1 rings (SSSR count). The second kappa shape index (κ2) is 4.31. The van der Waals surface area contributed by atoms with Gasteiger partial charge in [0.15, 0.2) is 0 Å². The minimum absolute atomic E-state index is 0.362. The Kier molecular flexibility index (Phi) is 3.05. The first-order valence-corrected chi connectivity index (χ1v) is 3.56. The smallest absolute Gasteiger partial charge is 0.330 e. The fourth-order valence-corrected chi connectivity index (χ4v) is 0.647. The number of nitrogens with zero attached hydrogens (tertiary/aromatic N) is 1. The maximum Gasteiger partial charge on any atom is 0.344 e. The Bertz CT molecular complexity index is 338. The van der Waals surface area contributed by atoms with Gasteiger partial charge in [0.05, 0.1) is 5.56 Å². The predicted octanol–water partition coefficient (Wildman–Crippen LogP) is -0.530. The molecule has 0 spiro atoms. The van der Waals surface area contributed by atoms with Gasteiger partial charge < -0.3 is 10.7 Å². The molecule has 0 aromatic carbocycles. The van der Waals surface area contributed by atoms with Gasteiger partial charge in [-0.05, 0) is 0 Å². The van der Waals surface area contributed by atoms with Crippen LogP contribution >= 0.6 is 0 Å². The normalized spacial score (nSPS) is 8.75. The SMILES string of the molecule is NCCC#Cc1cnc(=O)[nH]c1. The Balaban J connectivity index is 2.72. The molecule has 1 heterocycles. The molecule has 0 amide bonds. The average molecular weight is 163 g/mol. The molecule has 0 aliphatic heterocycles. The summed E-state index contributed by atoms with van der Waals surface area (Å²) in [6.45, 7) is 0.545. The van der Waals surface area contributed by atoms with E-state index >= 15 is 0 Å². The molecule has 3 N–H and O–H groups in total. The number of nitrogens with one attached hydrogen (secondary N) is 1. The molecule has 0 bridgehead atoms. The third-order valence-corrected chi connectivity index (χ3v) is 1.17. The van der Waals surface area contributed by atoms with Crippen LogP contribution < -0.4 is 11.4 Å². The Morgan fingerprint density at radius 1 is 1.67 bits per heavy atom. The molecule has 1 aromatic rings. The van der Waals surface area contributed by atoms with Crippen molar-refractivity contribution in [2.24, 2.45) is 5.73 Å². The molecule has 0 aliphatic rings. The van der Waals surface area contributed by atoms with Crippen LogP contribution in [-0.2, 0) is 0 Å². The summed E-state index contributed by atoms with van der Waals surface area (Å²) in [6.07, 6.45) is 3.61. The molecule has 0 saturated heterocycles. The molecular weight excluding hydrogens is 154 g/mol. The minimum atomic E-state index is -0.362.